The van der Waals surface area contributed by atoms with Gasteiger partial charge in [-0.05, 0) is 37.4 Å². The summed E-state index contributed by atoms with van der Waals surface area (Å²) < 4.78 is 0. The number of halogens is 1. The first kappa shape index (κ1) is 13.4. The minimum Gasteiger partial charge on any atom is -0.355 e. The molecule has 1 aliphatic heterocycles. The van der Waals surface area contributed by atoms with Crippen molar-refractivity contribution >= 4 is 33.6 Å². The van der Waals surface area contributed by atoms with Crippen LogP contribution in [0, 0.1) is 5.92 Å². The van der Waals surface area contributed by atoms with Crippen molar-refractivity contribution in [1.29, 1.82) is 0 Å². The van der Waals surface area contributed by atoms with Crippen LogP contribution in [0.2, 0.25) is 0 Å². The van der Waals surface area contributed by atoms with Gasteiger partial charge in [0.25, 0.3) is 0 Å². The molecule has 1 N–H and O–H groups in total. The van der Waals surface area contributed by atoms with Crippen LogP contribution in [0.25, 0.3) is 0 Å². The second kappa shape index (κ2) is 7.55. The summed E-state index contributed by atoms with van der Waals surface area (Å²) in [5.74, 6) is 2.12. The molecule has 0 aromatic rings. The molecule has 1 rings (SSSR count). The Hall–Kier alpha value is 0.300. The molecule has 0 bridgehead atoms. The minimum atomic E-state index is 0.235. The van der Waals surface area contributed by atoms with E-state index in [1.54, 1.807) is 11.8 Å². The van der Waals surface area contributed by atoms with Crippen LogP contribution < -0.4 is 5.32 Å². The van der Waals surface area contributed by atoms with Gasteiger partial charge in [-0.15, -0.1) is 11.8 Å². The molecule has 1 amide bonds. The Morgan fingerprint density at radius 2 is 2.47 bits per heavy atom. The largest absolute Gasteiger partial charge is 0.355 e. The Morgan fingerprint density at radius 3 is 3.07 bits per heavy atom. The van der Waals surface area contributed by atoms with Crippen molar-refractivity contribution in [2.24, 2.45) is 5.92 Å². The molecule has 2 atom stereocenters. The number of rotatable bonds is 6. The summed E-state index contributed by atoms with van der Waals surface area (Å²) in [4.78, 5) is 11.6. The highest BCUT2D eigenvalue weighted by molar-refractivity contribution is 9.09. The highest BCUT2D eigenvalue weighted by Gasteiger charge is 2.22. The summed E-state index contributed by atoms with van der Waals surface area (Å²) in [7, 11) is 0. The third kappa shape index (κ3) is 5.25. The molecule has 1 aliphatic rings. The lowest BCUT2D eigenvalue weighted by Gasteiger charge is -2.11. The zero-order valence-corrected chi connectivity index (χ0v) is 11.7. The lowest BCUT2D eigenvalue weighted by atomic mass is 10.1. The average Bonchev–Trinajstić information content (AvgIpc) is 2.77. The van der Waals surface area contributed by atoms with Crippen LogP contribution in [0.3, 0.4) is 0 Å². The predicted molar refractivity (Wildman–Crippen MR) is 70.7 cm³/mol. The molecule has 2 nitrogen and oxygen atoms in total. The second-order valence-electron chi connectivity index (χ2n) is 4.19. The van der Waals surface area contributed by atoms with Gasteiger partial charge in [0.2, 0.25) is 5.91 Å². The van der Waals surface area contributed by atoms with Crippen molar-refractivity contribution in [3.63, 3.8) is 0 Å². The summed E-state index contributed by atoms with van der Waals surface area (Å²) in [6, 6.07) is 0. The molecule has 1 heterocycles. The Kier molecular flexibility index (Phi) is 6.73. The fourth-order valence-electron chi connectivity index (χ4n) is 1.64. The van der Waals surface area contributed by atoms with Gasteiger partial charge in [0.15, 0.2) is 0 Å². The molecule has 4 heteroatoms. The summed E-state index contributed by atoms with van der Waals surface area (Å²) in [6.07, 6.45) is 4.54. The number of hydrogen-bond donors (Lipinski definition) is 1. The fraction of sp³-hybridized carbons (Fsp3) is 0.909. The van der Waals surface area contributed by atoms with E-state index in [1.807, 2.05) is 0 Å². The SMILES string of the molecule is CC(CBr)CCCNC(=O)C1CCCS1. The second-order valence-corrected chi connectivity index (χ2v) is 6.15. The van der Waals surface area contributed by atoms with E-state index in [4.69, 9.17) is 0 Å². The van der Waals surface area contributed by atoms with E-state index in [1.165, 1.54) is 12.8 Å². The van der Waals surface area contributed by atoms with Gasteiger partial charge in [0.05, 0.1) is 5.25 Å². The molecule has 2 unspecified atom stereocenters. The zero-order valence-electron chi connectivity index (χ0n) is 9.30. The molecule has 15 heavy (non-hydrogen) atoms. The third-order valence-electron chi connectivity index (χ3n) is 2.66. The van der Waals surface area contributed by atoms with Crippen molar-refractivity contribution in [2.45, 2.75) is 37.9 Å². The molecule has 1 saturated heterocycles. The maximum Gasteiger partial charge on any atom is 0.233 e. The van der Waals surface area contributed by atoms with Crippen LogP contribution in [0.5, 0.6) is 0 Å². The van der Waals surface area contributed by atoms with E-state index in [9.17, 15) is 4.79 Å². The van der Waals surface area contributed by atoms with Crippen molar-refractivity contribution in [3.8, 4) is 0 Å². The molecule has 0 aromatic carbocycles. The Morgan fingerprint density at radius 1 is 1.67 bits per heavy atom. The minimum absolute atomic E-state index is 0.235. The molecule has 0 aromatic heterocycles. The quantitative estimate of drug-likeness (QED) is 0.603. The van der Waals surface area contributed by atoms with Crippen LogP contribution in [0.4, 0.5) is 0 Å². The molecule has 88 valence electrons. The van der Waals surface area contributed by atoms with Crippen molar-refractivity contribution < 1.29 is 4.79 Å². The number of amides is 1. The maximum absolute atomic E-state index is 11.6. The Balaban J connectivity index is 2.01. The number of carbonyl (C=O) groups is 1. The maximum atomic E-state index is 11.6. The standard InChI is InChI=1S/C11H20BrNOS/c1-9(8-12)4-2-6-13-11(14)10-5-3-7-15-10/h9-10H,2-8H2,1H3,(H,13,14). The molecule has 1 fully saturated rings. The normalized spacial score (nSPS) is 22.7. The van der Waals surface area contributed by atoms with Gasteiger partial charge in [0.1, 0.15) is 0 Å². The highest BCUT2D eigenvalue weighted by Crippen LogP contribution is 2.25. The Bertz CT molecular complexity index is 195. The van der Waals surface area contributed by atoms with Crippen LogP contribution in [0.1, 0.15) is 32.6 Å². The van der Waals surface area contributed by atoms with Crippen LogP contribution in [0.15, 0.2) is 0 Å². The van der Waals surface area contributed by atoms with Crippen LogP contribution in [-0.2, 0) is 4.79 Å². The van der Waals surface area contributed by atoms with Crippen molar-refractivity contribution in [1.82, 2.24) is 5.32 Å². The molecule has 0 spiro atoms. The molecular weight excluding hydrogens is 274 g/mol. The van der Waals surface area contributed by atoms with E-state index in [-0.39, 0.29) is 11.2 Å². The van der Waals surface area contributed by atoms with Gasteiger partial charge in [-0.2, -0.15) is 0 Å². The van der Waals surface area contributed by atoms with Gasteiger partial charge >= 0.3 is 0 Å². The number of carbonyl (C=O) groups excluding carboxylic acids is 1. The van der Waals surface area contributed by atoms with E-state index in [0.717, 1.165) is 30.5 Å². The monoisotopic (exact) mass is 293 g/mol. The zero-order chi connectivity index (χ0) is 11.1. The average molecular weight is 294 g/mol. The summed E-state index contributed by atoms with van der Waals surface area (Å²) >= 11 is 5.26. The summed E-state index contributed by atoms with van der Waals surface area (Å²) in [6.45, 7) is 3.07. The first-order valence-corrected chi connectivity index (χ1v) is 7.86. The van der Waals surface area contributed by atoms with Crippen molar-refractivity contribution in [2.75, 3.05) is 17.6 Å². The van der Waals surface area contributed by atoms with E-state index in [0.29, 0.717) is 5.92 Å². The fourth-order valence-corrected chi connectivity index (χ4v) is 3.15. The number of thioether (sulfide) groups is 1. The smallest absolute Gasteiger partial charge is 0.233 e. The lowest BCUT2D eigenvalue weighted by Crippen LogP contribution is -2.32. The number of alkyl halides is 1. The van der Waals surface area contributed by atoms with Crippen LogP contribution in [-0.4, -0.2) is 28.8 Å². The van der Waals surface area contributed by atoms with Gasteiger partial charge in [-0.3, -0.25) is 4.79 Å². The topological polar surface area (TPSA) is 29.1 Å². The number of nitrogens with one attached hydrogen (secondary N) is 1. The van der Waals surface area contributed by atoms with E-state index < -0.39 is 0 Å². The third-order valence-corrected chi connectivity index (χ3v) is 5.14. The summed E-state index contributed by atoms with van der Waals surface area (Å²) in [5, 5.41) is 4.32. The van der Waals surface area contributed by atoms with Crippen molar-refractivity contribution in [3.05, 3.63) is 0 Å². The molecule has 0 saturated carbocycles. The van der Waals surface area contributed by atoms with Gasteiger partial charge < -0.3 is 5.32 Å². The summed E-state index contributed by atoms with van der Waals surface area (Å²) in [5.41, 5.74) is 0. The molecule has 0 aliphatic carbocycles. The number of hydrogen-bond acceptors (Lipinski definition) is 2. The highest BCUT2D eigenvalue weighted by atomic mass is 79.9. The predicted octanol–water partition coefficient (Wildman–Crippen LogP) is 2.81. The molecular formula is C11H20BrNOS. The van der Waals surface area contributed by atoms with E-state index >= 15 is 0 Å². The lowest BCUT2D eigenvalue weighted by molar-refractivity contribution is -0.120. The first-order chi connectivity index (χ1) is 7.24. The van der Waals surface area contributed by atoms with Crippen LogP contribution >= 0.6 is 27.7 Å². The first-order valence-electron chi connectivity index (χ1n) is 5.69. The van der Waals surface area contributed by atoms with E-state index in [2.05, 4.69) is 28.2 Å². The Labute approximate surface area is 105 Å². The van der Waals surface area contributed by atoms with Gasteiger partial charge in [0, 0.05) is 11.9 Å². The van der Waals surface area contributed by atoms with Gasteiger partial charge in [-0.25, -0.2) is 0 Å². The van der Waals surface area contributed by atoms with Gasteiger partial charge in [-0.1, -0.05) is 22.9 Å². The molecule has 0 radical (unpaired) electrons.